The number of thiophene rings is 1. The van der Waals surface area contributed by atoms with Crippen LogP contribution in [-0.4, -0.2) is 5.78 Å². The molecule has 1 aliphatic rings. The van der Waals surface area contributed by atoms with Gasteiger partial charge in [0.05, 0.1) is 0 Å². The average molecular weight is 316 g/mol. The Bertz CT molecular complexity index is 902. The highest BCUT2D eigenvalue weighted by molar-refractivity contribution is 7.11. The van der Waals surface area contributed by atoms with Gasteiger partial charge in [0.15, 0.2) is 5.78 Å². The van der Waals surface area contributed by atoms with Gasteiger partial charge in [0, 0.05) is 21.9 Å². The highest BCUT2D eigenvalue weighted by atomic mass is 32.1. The number of hydrogen-bond acceptors (Lipinski definition) is 2. The second kappa shape index (κ2) is 5.64. The Morgan fingerprint density at radius 2 is 1.70 bits per heavy atom. The van der Waals surface area contributed by atoms with E-state index in [1.165, 1.54) is 16.0 Å². The lowest BCUT2D eigenvalue weighted by molar-refractivity contribution is 0.103. The van der Waals surface area contributed by atoms with E-state index in [9.17, 15) is 4.79 Å². The van der Waals surface area contributed by atoms with E-state index in [1.807, 2.05) is 36.4 Å². The van der Waals surface area contributed by atoms with Crippen molar-refractivity contribution in [2.24, 2.45) is 0 Å². The van der Waals surface area contributed by atoms with Crippen LogP contribution in [0.25, 0.3) is 6.08 Å². The highest BCUT2D eigenvalue weighted by Crippen LogP contribution is 2.43. The molecule has 1 unspecified atom stereocenters. The number of fused-ring (bicyclic) bond motifs is 1. The van der Waals surface area contributed by atoms with Crippen LogP contribution in [0.3, 0.4) is 0 Å². The fourth-order valence-electron chi connectivity index (χ4n) is 3.24. The summed E-state index contributed by atoms with van der Waals surface area (Å²) >= 11 is 1.69. The molecule has 1 aromatic heterocycles. The van der Waals surface area contributed by atoms with E-state index in [0.717, 1.165) is 16.7 Å². The van der Waals surface area contributed by atoms with E-state index >= 15 is 0 Å². The third-order valence-corrected chi connectivity index (χ3v) is 5.38. The Morgan fingerprint density at radius 1 is 0.957 bits per heavy atom. The Kier molecular flexibility index (Phi) is 3.47. The van der Waals surface area contributed by atoms with Gasteiger partial charge in [0.2, 0.25) is 0 Å². The summed E-state index contributed by atoms with van der Waals surface area (Å²) in [6, 6.07) is 20.4. The summed E-state index contributed by atoms with van der Waals surface area (Å²) in [5, 5.41) is 2.08. The molecule has 112 valence electrons. The SMILES string of the molecule is Cc1ccsc1C=C1C(=O)c2ccccc2C1c1ccccc1. The highest BCUT2D eigenvalue weighted by Gasteiger charge is 2.35. The minimum Gasteiger partial charge on any atom is -0.289 e. The number of carbonyl (C=O) groups is 1. The van der Waals surface area contributed by atoms with Gasteiger partial charge in [-0.05, 0) is 41.1 Å². The first-order valence-corrected chi connectivity index (χ1v) is 8.58. The molecule has 0 amide bonds. The largest absolute Gasteiger partial charge is 0.289 e. The number of ketones is 1. The van der Waals surface area contributed by atoms with Gasteiger partial charge in [-0.2, -0.15) is 0 Å². The second-order valence-electron chi connectivity index (χ2n) is 5.83. The molecule has 1 nitrogen and oxygen atoms in total. The standard InChI is InChI=1S/C21H16OS/c1-14-11-12-23-19(14)13-18-20(15-7-3-2-4-8-15)16-9-5-6-10-17(16)21(18)22/h2-13,20H,1H3. The topological polar surface area (TPSA) is 17.1 Å². The molecule has 3 aromatic rings. The zero-order valence-corrected chi connectivity index (χ0v) is 13.6. The molecule has 0 fully saturated rings. The van der Waals surface area contributed by atoms with Crippen molar-refractivity contribution in [3.63, 3.8) is 0 Å². The third kappa shape index (κ3) is 2.36. The number of benzene rings is 2. The van der Waals surface area contributed by atoms with Crippen LogP contribution < -0.4 is 0 Å². The summed E-state index contributed by atoms with van der Waals surface area (Å²) in [7, 11) is 0. The number of carbonyl (C=O) groups excluding carboxylic acids is 1. The molecule has 1 heterocycles. The fraction of sp³-hybridized carbons (Fsp3) is 0.0952. The summed E-state index contributed by atoms with van der Waals surface area (Å²) in [5.41, 5.74) is 5.22. The van der Waals surface area contributed by atoms with Crippen molar-refractivity contribution in [3.05, 3.63) is 98.7 Å². The van der Waals surface area contributed by atoms with Crippen molar-refractivity contribution in [3.8, 4) is 0 Å². The summed E-state index contributed by atoms with van der Waals surface area (Å²) in [5.74, 6) is 0.184. The molecule has 0 aliphatic heterocycles. The molecule has 0 bridgehead atoms. The van der Waals surface area contributed by atoms with Crippen LogP contribution in [0.5, 0.6) is 0 Å². The predicted octanol–water partition coefficient (Wildman–Crippen LogP) is 5.47. The zero-order chi connectivity index (χ0) is 15.8. The molecule has 2 heteroatoms. The molecular weight excluding hydrogens is 300 g/mol. The van der Waals surface area contributed by atoms with Crippen molar-refractivity contribution in [2.45, 2.75) is 12.8 Å². The Balaban J connectivity index is 1.93. The van der Waals surface area contributed by atoms with Gasteiger partial charge >= 0.3 is 0 Å². The average Bonchev–Trinajstić information content (AvgIpc) is 3.11. The van der Waals surface area contributed by atoms with Crippen LogP contribution in [0.4, 0.5) is 0 Å². The molecule has 2 aromatic carbocycles. The molecule has 0 saturated heterocycles. The van der Waals surface area contributed by atoms with Gasteiger partial charge in [-0.1, -0.05) is 54.6 Å². The molecule has 0 radical (unpaired) electrons. The number of allylic oxidation sites excluding steroid dienone is 1. The van der Waals surface area contributed by atoms with E-state index in [0.29, 0.717) is 0 Å². The van der Waals surface area contributed by atoms with Gasteiger partial charge in [-0.15, -0.1) is 11.3 Å². The maximum absolute atomic E-state index is 13.0. The first kappa shape index (κ1) is 14.2. The van der Waals surface area contributed by atoms with Crippen molar-refractivity contribution in [2.75, 3.05) is 0 Å². The van der Waals surface area contributed by atoms with Gasteiger partial charge in [0.1, 0.15) is 0 Å². The van der Waals surface area contributed by atoms with Crippen LogP contribution in [0.1, 0.15) is 37.8 Å². The maximum atomic E-state index is 13.0. The molecule has 1 atom stereocenters. The summed E-state index contributed by atoms with van der Waals surface area (Å²) in [6.45, 7) is 2.09. The first-order chi connectivity index (χ1) is 11.3. The van der Waals surface area contributed by atoms with Crippen molar-refractivity contribution >= 4 is 23.2 Å². The fourth-order valence-corrected chi connectivity index (χ4v) is 4.10. The van der Waals surface area contributed by atoms with Crippen LogP contribution in [-0.2, 0) is 0 Å². The lowest BCUT2D eigenvalue weighted by atomic mass is 9.89. The number of rotatable bonds is 2. The minimum atomic E-state index is 0.0291. The minimum absolute atomic E-state index is 0.0291. The van der Waals surface area contributed by atoms with Crippen LogP contribution in [0, 0.1) is 6.92 Å². The maximum Gasteiger partial charge on any atom is 0.190 e. The summed E-state index contributed by atoms with van der Waals surface area (Å²) in [6.07, 6.45) is 2.08. The summed E-state index contributed by atoms with van der Waals surface area (Å²) < 4.78 is 0. The van der Waals surface area contributed by atoms with E-state index in [-0.39, 0.29) is 11.7 Å². The van der Waals surface area contributed by atoms with Gasteiger partial charge < -0.3 is 0 Å². The van der Waals surface area contributed by atoms with E-state index in [1.54, 1.807) is 11.3 Å². The number of aryl methyl sites for hydroxylation is 1. The quantitative estimate of drug-likeness (QED) is 0.573. The van der Waals surface area contributed by atoms with Crippen LogP contribution in [0.15, 0.2) is 71.6 Å². The molecule has 0 saturated carbocycles. The first-order valence-electron chi connectivity index (χ1n) is 7.70. The van der Waals surface area contributed by atoms with E-state index in [2.05, 4.69) is 42.6 Å². The van der Waals surface area contributed by atoms with Crippen LogP contribution >= 0.6 is 11.3 Å². The molecule has 0 N–H and O–H groups in total. The van der Waals surface area contributed by atoms with Crippen LogP contribution in [0.2, 0.25) is 0 Å². The Labute approximate surface area is 139 Å². The van der Waals surface area contributed by atoms with Crippen molar-refractivity contribution in [1.29, 1.82) is 0 Å². The Hall–Kier alpha value is -2.45. The number of Topliss-reactive ketones (excluding diaryl/α,β-unsaturated/α-hetero) is 1. The second-order valence-corrected chi connectivity index (χ2v) is 6.78. The Morgan fingerprint density at radius 3 is 2.43 bits per heavy atom. The number of hydrogen-bond donors (Lipinski definition) is 0. The van der Waals surface area contributed by atoms with Crippen molar-refractivity contribution < 1.29 is 4.79 Å². The molecular formula is C21H16OS. The molecule has 1 aliphatic carbocycles. The molecule has 0 spiro atoms. The third-order valence-electron chi connectivity index (χ3n) is 4.41. The van der Waals surface area contributed by atoms with E-state index in [4.69, 9.17) is 0 Å². The summed E-state index contributed by atoms with van der Waals surface area (Å²) in [4.78, 5) is 14.1. The van der Waals surface area contributed by atoms with Crippen molar-refractivity contribution in [1.82, 2.24) is 0 Å². The molecule has 23 heavy (non-hydrogen) atoms. The smallest absolute Gasteiger partial charge is 0.190 e. The van der Waals surface area contributed by atoms with E-state index < -0.39 is 0 Å². The molecule has 4 rings (SSSR count). The zero-order valence-electron chi connectivity index (χ0n) is 12.8. The monoisotopic (exact) mass is 316 g/mol. The lowest BCUT2D eigenvalue weighted by Gasteiger charge is -2.13. The normalized spacial score (nSPS) is 18.4. The van der Waals surface area contributed by atoms with Gasteiger partial charge in [-0.25, -0.2) is 0 Å². The predicted molar refractivity (Wildman–Crippen MR) is 96.1 cm³/mol. The van der Waals surface area contributed by atoms with Gasteiger partial charge in [-0.3, -0.25) is 4.79 Å². The lowest BCUT2D eigenvalue weighted by Crippen LogP contribution is -2.02. The van der Waals surface area contributed by atoms with Gasteiger partial charge in [0.25, 0.3) is 0 Å².